The molecule has 0 radical (unpaired) electrons. The quantitative estimate of drug-likeness (QED) is 0.794. The first kappa shape index (κ1) is 17.8. The molecule has 2 aromatic rings. The zero-order valence-corrected chi connectivity index (χ0v) is 15.7. The molecule has 6 nitrogen and oxygen atoms in total. The Kier molecular flexibility index (Phi) is 4.72. The van der Waals surface area contributed by atoms with Crippen molar-refractivity contribution < 1.29 is 9.59 Å². The van der Waals surface area contributed by atoms with E-state index in [0.29, 0.717) is 23.1 Å². The molecule has 0 bridgehead atoms. The normalized spacial score (nSPS) is 17.7. The van der Waals surface area contributed by atoms with E-state index >= 15 is 0 Å². The van der Waals surface area contributed by atoms with Crippen molar-refractivity contribution in [1.82, 2.24) is 15.1 Å². The van der Waals surface area contributed by atoms with E-state index in [9.17, 15) is 9.59 Å². The van der Waals surface area contributed by atoms with Gasteiger partial charge in [-0.15, -0.1) is 0 Å². The molecule has 3 N–H and O–H groups in total. The van der Waals surface area contributed by atoms with Crippen LogP contribution in [0.3, 0.4) is 0 Å². The highest BCUT2D eigenvalue weighted by Crippen LogP contribution is 2.28. The van der Waals surface area contributed by atoms with Crippen molar-refractivity contribution in [1.29, 1.82) is 0 Å². The molecule has 0 aliphatic heterocycles. The number of carbonyl (C=O) groups is 2. The fourth-order valence-electron chi connectivity index (χ4n) is 3.76. The largest absolute Gasteiger partial charge is 0.384 e. The molecule has 0 spiro atoms. The number of amides is 1. The maximum Gasteiger partial charge on any atom is 0.251 e. The Morgan fingerprint density at radius 1 is 1.11 bits per heavy atom. The highest BCUT2D eigenvalue weighted by molar-refractivity contribution is 5.97. The molecular formula is C21H26N4O2. The van der Waals surface area contributed by atoms with Crippen LogP contribution in [0, 0.1) is 12.8 Å². The third kappa shape index (κ3) is 3.75. The summed E-state index contributed by atoms with van der Waals surface area (Å²) in [5, 5.41) is 7.50. The first-order valence-corrected chi connectivity index (χ1v) is 9.84. The first-order chi connectivity index (χ1) is 13.0. The highest BCUT2D eigenvalue weighted by Gasteiger charge is 2.26. The fraction of sp³-hybridized carbons (Fsp3) is 0.476. The Hall–Kier alpha value is -2.63. The second kappa shape index (κ2) is 7.18. The van der Waals surface area contributed by atoms with Crippen molar-refractivity contribution in [2.24, 2.45) is 5.92 Å². The number of nitrogens with one attached hydrogen (secondary N) is 1. The minimum absolute atomic E-state index is 0.0539. The molecule has 6 heteroatoms. The number of Topliss-reactive ketones (excluding diaryl/α,β-unsaturated/α-hetero) is 1. The smallest absolute Gasteiger partial charge is 0.251 e. The van der Waals surface area contributed by atoms with E-state index in [2.05, 4.69) is 10.4 Å². The number of nitrogen functional groups attached to an aromatic ring is 1. The molecule has 27 heavy (non-hydrogen) atoms. The van der Waals surface area contributed by atoms with Crippen LogP contribution in [0.2, 0.25) is 0 Å². The number of anilines is 1. The van der Waals surface area contributed by atoms with Crippen LogP contribution in [0.25, 0.3) is 5.69 Å². The van der Waals surface area contributed by atoms with E-state index in [1.165, 1.54) is 6.42 Å². The van der Waals surface area contributed by atoms with E-state index in [0.717, 1.165) is 49.8 Å². The van der Waals surface area contributed by atoms with Crippen LogP contribution in [0.15, 0.2) is 24.3 Å². The molecule has 2 aliphatic carbocycles. The van der Waals surface area contributed by atoms with Crippen molar-refractivity contribution in [2.45, 2.75) is 57.9 Å². The van der Waals surface area contributed by atoms with Gasteiger partial charge >= 0.3 is 0 Å². The van der Waals surface area contributed by atoms with E-state index in [1.54, 1.807) is 16.8 Å². The van der Waals surface area contributed by atoms with Gasteiger partial charge in [0.2, 0.25) is 0 Å². The summed E-state index contributed by atoms with van der Waals surface area (Å²) in [4.78, 5) is 25.2. The van der Waals surface area contributed by atoms with Crippen molar-refractivity contribution in [2.75, 3.05) is 5.73 Å². The van der Waals surface area contributed by atoms with Gasteiger partial charge in [-0.05, 0) is 50.3 Å². The number of rotatable bonds is 5. The Labute approximate surface area is 159 Å². The Balaban J connectivity index is 1.61. The van der Waals surface area contributed by atoms with Gasteiger partial charge in [-0.2, -0.15) is 5.10 Å². The van der Waals surface area contributed by atoms with Crippen molar-refractivity contribution in [3.8, 4) is 5.69 Å². The van der Waals surface area contributed by atoms with Gasteiger partial charge in [0.25, 0.3) is 5.91 Å². The average molecular weight is 366 g/mol. The fourth-order valence-corrected chi connectivity index (χ4v) is 3.76. The summed E-state index contributed by atoms with van der Waals surface area (Å²) in [6.07, 6.45) is 7.36. The molecule has 2 aliphatic rings. The minimum atomic E-state index is -0.0806. The van der Waals surface area contributed by atoms with Gasteiger partial charge in [0, 0.05) is 23.6 Å². The number of hydrogen-bond acceptors (Lipinski definition) is 4. The Morgan fingerprint density at radius 3 is 2.56 bits per heavy atom. The topological polar surface area (TPSA) is 90.0 Å². The molecule has 1 aromatic heterocycles. The van der Waals surface area contributed by atoms with Crippen LogP contribution < -0.4 is 11.1 Å². The zero-order chi connectivity index (χ0) is 19.0. The molecule has 0 saturated heterocycles. The Bertz CT molecular complexity index is 876. The van der Waals surface area contributed by atoms with Gasteiger partial charge in [0.15, 0.2) is 5.78 Å². The van der Waals surface area contributed by atoms with Gasteiger partial charge in [0.05, 0.1) is 5.69 Å². The molecular weight excluding hydrogens is 340 g/mol. The van der Waals surface area contributed by atoms with Crippen LogP contribution >= 0.6 is 0 Å². The number of carbonyl (C=O) groups excluding carboxylic acids is 2. The summed E-state index contributed by atoms with van der Waals surface area (Å²) in [5.74, 6) is 0.471. The lowest BCUT2D eigenvalue weighted by molar-refractivity contribution is 0.0883. The minimum Gasteiger partial charge on any atom is -0.384 e. The van der Waals surface area contributed by atoms with Gasteiger partial charge in [-0.25, -0.2) is 4.68 Å². The lowest BCUT2D eigenvalue weighted by atomic mass is 9.85. The molecule has 2 fully saturated rings. The van der Waals surface area contributed by atoms with E-state index in [4.69, 9.17) is 5.73 Å². The predicted octanol–water partition coefficient (Wildman–Crippen LogP) is 3.42. The number of benzene rings is 1. The monoisotopic (exact) mass is 366 g/mol. The standard InChI is InChI=1S/C21H26N4O2/c1-13-7-8-15(21(27)23-16-9-10-16)11-18(13)25-19(22)12-17(24-25)20(26)14-5-3-2-4-6-14/h7-8,11-12,14,16H,2-6,9-10,22H2,1H3,(H,23,27). The first-order valence-electron chi connectivity index (χ1n) is 9.84. The number of hydrogen-bond donors (Lipinski definition) is 2. The number of nitrogens with zero attached hydrogens (tertiary/aromatic N) is 2. The SMILES string of the molecule is Cc1ccc(C(=O)NC2CC2)cc1-n1nc(C(=O)C2CCCCC2)cc1N. The highest BCUT2D eigenvalue weighted by atomic mass is 16.1. The molecule has 1 amide bonds. The summed E-state index contributed by atoms with van der Waals surface area (Å²) in [5.41, 5.74) is 8.86. The van der Waals surface area contributed by atoms with E-state index < -0.39 is 0 Å². The van der Waals surface area contributed by atoms with Gasteiger partial charge < -0.3 is 11.1 Å². The molecule has 0 unspecified atom stereocenters. The number of ketones is 1. The van der Waals surface area contributed by atoms with Crippen molar-refractivity contribution in [3.05, 3.63) is 41.1 Å². The summed E-state index contributed by atoms with van der Waals surface area (Å²) >= 11 is 0. The van der Waals surface area contributed by atoms with E-state index in [1.807, 2.05) is 19.1 Å². The van der Waals surface area contributed by atoms with Crippen LogP contribution in [0.1, 0.15) is 71.4 Å². The maximum absolute atomic E-state index is 12.8. The van der Waals surface area contributed by atoms with Crippen molar-refractivity contribution >= 4 is 17.5 Å². The summed E-state index contributed by atoms with van der Waals surface area (Å²) < 4.78 is 1.58. The molecule has 1 aromatic carbocycles. The maximum atomic E-state index is 12.8. The second-order valence-electron chi connectivity index (χ2n) is 7.81. The van der Waals surface area contributed by atoms with Crippen LogP contribution in [-0.4, -0.2) is 27.5 Å². The summed E-state index contributed by atoms with van der Waals surface area (Å²) in [6, 6.07) is 7.46. The Morgan fingerprint density at radius 2 is 1.85 bits per heavy atom. The van der Waals surface area contributed by atoms with Crippen molar-refractivity contribution in [3.63, 3.8) is 0 Å². The summed E-state index contributed by atoms with van der Waals surface area (Å²) in [7, 11) is 0. The number of nitrogens with two attached hydrogens (primary N) is 1. The van der Waals surface area contributed by atoms with Crippen LogP contribution in [0.4, 0.5) is 5.82 Å². The average Bonchev–Trinajstić information content (AvgIpc) is 3.41. The third-order valence-electron chi connectivity index (χ3n) is 5.58. The van der Waals surface area contributed by atoms with Crippen LogP contribution in [-0.2, 0) is 0 Å². The molecule has 142 valence electrons. The molecule has 4 rings (SSSR count). The molecule has 1 heterocycles. The molecule has 0 atom stereocenters. The second-order valence-corrected chi connectivity index (χ2v) is 7.81. The third-order valence-corrected chi connectivity index (χ3v) is 5.58. The van der Waals surface area contributed by atoms with E-state index in [-0.39, 0.29) is 17.6 Å². The number of aromatic nitrogens is 2. The summed E-state index contributed by atoms with van der Waals surface area (Å²) in [6.45, 7) is 1.95. The lowest BCUT2D eigenvalue weighted by Crippen LogP contribution is -2.25. The lowest BCUT2D eigenvalue weighted by Gasteiger charge is -2.19. The predicted molar refractivity (Wildman–Crippen MR) is 104 cm³/mol. The molecule has 2 saturated carbocycles. The van der Waals surface area contributed by atoms with Gasteiger partial charge in [0.1, 0.15) is 11.5 Å². The zero-order valence-electron chi connectivity index (χ0n) is 15.7. The van der Waals surface area contributed by atoms with Gasteiger partial charge in [-0.3, -0.25) is 9.59 Å². The van der Waals surface area contributed by atoms with Gasteiger partial charge in [-0.1, -0.05) is 25.3 Å². The van der Waals surface area contributed by atoms with Crippen LogP contribution in [0.5, 0.6) is 0 Å². The number of aryl methyl sites for hydroxylation is 1.